The van der Waals surface area contributed by atoms with Gasteiger partial charge in [-0.3, -0.25) is 4.90 Å². The van der Waals surface area contributed by atoms with Crippen LogP contribution in [0.3, 0.4) is 0 Å². The minimum absolute atomic E-state index is 0.0151. The third kappa shape index (κ3) is 2.56. The van der Waals surface area contributed by atoms with Crippen molar-refractivity contribution in [1.82, 2.24) is 30.2 Å². The van der Waals surface area contributed by atoms with Crippen LogP contribution in [0.15, 0.2) is 30.3 Å². The van der Waals surface area contributed by atoms with E-state index in [0.29, 0.717) is 11.5 Å². The molecular formula is C15H15F2N7. The van der Waals surface area contributed by atoms with Crippen molar-refractivity contribution < 1.29 is 8.78 Å². The first-order chi connectivity index (χ1) is 11.6. The molecule has 1 fully saturated rings. The van der Waals surface area contributed by atoms with Gasteiger partial charge in [0.05, 0.1) is 6.04 Å². The number of nitrogens with zero attached hydrogens (tertiary/aromatic N) is 6. The molecule has 1 N–H and O–H groups in total. The van der Waals surface area contributed by atoms with E-state index in [2.05, 4.69) is 30.8 Å². The molecule has 1 saturated heterocycles. The van der Waals surface area contributed by atoms with Crippen molar-refractivity contribution in [3.05, 3.63) is 47.5 Å². The summed E-state index contributed by atoms with van der Waals surface area (Å²) in [5.74, 6) is -1.04. The monoisotopic (exact) mass is 331 g/mol. The Kier molecular flexibility index (Phi) is 3.57. The first-order valence-electron chi connectivity index (χ1n) is 7.59. The Labute approximate surface area is 136 Å². The number of benzene rings is 1. The Morgan fingerprint density at radius 2 is 2.04 bits per heavy atom. The van der Waals surface area contributed by atoms with Crippen LogP contribution in [0, 0.1) is 11.6 Å². The zero-order valence-electron chi connectivity index (χ0n) is 12.9. The Bertz CT molecular complexity index is 881. The number of tetrazole rings is 1. The molecule has 1 aromatic carbocycles. The summed E-state index contributed by atoms with van der Waals surface area (Å²) in [7, 11) is 1.96. The van der Waals surface area contributed by atoms with Gasteiger partial charge in [-0.15, -0.1) is 14.8 Å². The highest BCUT2D eigenvalue weighted by Crippen LogP contribution is 2.33. The molecule has 2 atom stereocenters. The Hall–Kier alpha value is -2.68. The minimum atomic E-state index is -0.838. The van der Waals surface area contributed by atoms with Crippen LogP contribution in [0.25, 0.3) is 5.65 Å². The summed E-state index contributed by atoms with van der Waals surface area (Å²) in [6.07, 6.45) is 0.857. The summed E-state index contributed by atoms with van der Waals surface area (Å²) in [6.45, 7) is 0.842. The van der Waals surface area contributed by atoms with Gasteiger partial charge in [0.15, 0.2) is 17.3 Å². The molecule has 3 heterocycles. The summed E-state index contributed by atoms with van der Waals surface area (Å²) >= 11 is 0. The highest BCUT2D eigenvalue weighted by molar-refractivity contribution is 5.43. The van der Waals surface area contributed by atoms with E-state index in [1.165, 1.54) is 16.8 Å². The number of likely N-dealkylation sites (tertiary alicyclic amines) is 1. The molecule has 0 radical (unpaired) electrons. The van der Waals surface area contributed by atoms with Crippen LogP contribution < -0.4 is 5.32 Å². The van der Waals surface area contributed by atoms with Crippen molar-refractivity contribution in [3.8, 4) is 0 Å². The number of hydrogen-bond donors (Lipinski definition) is 1. The third-order valence-corrected chi connectivity index (χ3v) is 4.34. The fourth-order valence-corrected chi connectivity index (χ4v) is 3.20. The average molecular weight is 331 g/mol. The van der Waals surface area contributed by atoms with Gasteiger partial charge in [0.2, 0.25) is 0 Å². The Morgan fingerprint density at radius 3 is 2.88 bits per heavy atom. The molecule has 0 bridgehead atoms. The maximum Gasteiger partial charge on any atom is 0.200 e. The molecule has 2 aromatic heterocycles. The van der Waals surface area contributed by atoms with Gasteiger partial charge in [-0.25, -0.2) is 8.78 Å². The van der Waals surface area contributed by atoms with E-state index in [0.717, 1.165) is 18.5 Å². The highest BCUT2D eigenvalue weighted by Gasteiger charge is 2.33. The molecule has 0 aliphatic carbocycles. The number of halogens is 2. The second-order valence-corrected chi connectivity index (χ2v) is 5.88. The Balaban J connectivity index is 1.62. The fraction of sp³-hybridized carbons (Fsp3) is 0.333. The van der Waals surface area contributed by atoms with Gasteiger partial charge in [0.1, 0.15) is 5.82 Å². The lowest BCUT2D eigenvalue weighted by molar-refractivity contribution is 0.307. The number of likely N-dealkylation sites (N-methyl/N-ethyl adjacent to an activating group) is 1. The Morgan fingerprint density at radius 1 is 1.17 bits per heavy atom. The van der Waals surface area contributed by atoms with E-state index in [1.807, 2.05) is 7.05 Å². The average Bonchev–Trinajstić information content (AvgIpc) is 3.17. The summed E-state index contributed by atoms with van der Waals surface area (Å²) < 4.78 is 28.2. The van der Waals surface area contributed by atoms with Gasteiger partial charge in [-0.2, -0.15) is 0 Å². The zero-order valence-corrected chi connectivity index (χ0v) is 12.9. The standard InChI is InChI=1S/C15H15F2N7/c1-23-7-6-12(15(23)9-2-3-10(16)11(17)8-9)18-13-4-5-14-19-21-22-24(14)20-13/h2-5,8,12,15H,6-7H2,1H3,(H,18,20)/t12-,15+/m0/s1. The summed E-state index contributed by atoms with van der Waals surface area (Å²) in [5, 5.41) is 18.8. The van der Waals surface area contributed by atoms with E-state index in [-0.39, 0.29) is 12.1 Å². The van der Waals surface area contributed by atoms with Crippen molar-refractivity contribution in [3.63, 3.8) is 0 Å². The summed E-state index contributed by atoms with van der Waals surface area (Å²) in [5.41, 5.74) is 1.29. The fourth-order valence-electron chi connectivity index (χ4n) is 3.20. The lowest BCUT2D eigenvalue weighted by Crippen LogP contribution is -2.29. The molecule has 124 valence electrons. The SMILES string of the molecule is CN1CC[C@H](Nc2ccc3nnnn3n2)[C@H]1c1ccc(F)c(F)c1. The van der Waals surface area contributed by atoms with Gasteiger partial charge in [0.25, 0.3) is 0 Å². The summed E-state index contributed by atoms with van der Waals surface area (Å²) in [6, 6.07) is 7.55. The van der Waals surface area contributed by atoms with Crippen LogP contribution in [0.5, 0.6) is 0 Å². The highest BCUT2D eigenvalue weighted by atomic mass is 19.2. The lowest BCUT2D eigenvalue weighted by Gasteiger charge is -2.26. The molecule has 1 aliphatic heterocycles. The van der Waals surface area contributed by atoms with Crippen molar-refractivity contribution in [1.29, 1.82) is 0 Å². The topological polar surface area (TPSA) is 71.2 Å². The van der Waals surface area contributed by atoms with Crippen LogP contribution in [0.1, 0.15) is 18.0 Å². The van der Waals surface area contributed by atoms with Crippen molar-refractivity contribution in [2.45, 2.75) is 18.5 Å². The minimum Gasteiger partial charge on any atom is -0.364 e. The van der Waals surface area contributed by atoms with Crippen LogP contribution in [-0.2, 0) is 0 Å². The molecule has 0 spiro atoms. The van der Waals surface area contributed by atoms with E-state index >= 15 is 0 Å². The third-order valence-electron chi connectivity index (χ3n) is 4.34. The van der Waals surface area contributed by atoms with E-state index in [4.69, 9.17) is 0 Å². The van der Waals surface area contributed by atoms with Crippen LogP contribution >= 0.6 is 0 Å². The second-order valence-electron chi connectivity index (χ2n) is 5.88. The van der Waals surface area contributed by atoms with Crippen LogP contribution in [0.4, 0.5) is 14.6 Å². The lowest BCUT2D eigenvalue weighted by atomic mass is 10.00. The van der Waals surface area contributed by atoms with E-state index in [9.17, 15) is 8.78 Å². The molecule has 1 aliphatic rings. The molecule has 0 unspecified atom stereocenters. The molecular weight excluding hydrogens is 316 g/mol. The molecule has 24 heavy (non-hydrogen) atoms. The van der Waals surface area contributed by atoms with Crippen molar-refractivity contribution >= 4 is 11.5 Å². The van der Waals surface area contributed by atoms with Gasteiger partial charge >= 0.3 is 0 Å². The maximum atomic E-state index is 13.6. The van der Waals surface area contributed by atoms with Gasteiger partial charge < -0.3 is 5.32 Å². The quantitative estimate of drug-likeness (QED) is 0.787. The predicted molar refractivity (Wildman–Crippen MR) is 82.3 cm³/mol. The molecule has 0 saturated carbocycles. The van der Waals surface area contributed by atoms with Gasteiger partial charge in [-0.1, -0.05) is 6.07 Å². The van der Waals surface area contributed by atoms with Crippen molar-refractivity contribution in [2.24, 2.45) is 0 Å². The normalized spacial score (nSPS) is 21.5. The number of nitrogens with one attached hydrogen (secondary N) is 1. The smallest absolute Gasteiger partial charge is 0.200 e. The summed E-state index contributed by atoms with van der Waals surface area (Å²) in [4.78, 5) is 2.11. The second kappa shape index (κ2) is 5.75. The number of anilines is 1. The van der Waals surface area contributed by atoms with Crippen molar-refractivity contribution in [2.75, 3.05) is 18.9 Å². The molecule has 7 nitrogen and oxygen atoms in total. The number of rotatable bonds is 3. The van der Waals surface area contributed by atoms with Gasteiger partial charge in [0, 0.05) is 12.6 Å². The predicted octanol–water partition coefficient (Wildman–Crippen LogP) is 1.65. The van der Waals surface area contributed by atoms with Gasteiger partial charge in [-0.05, 0) is 53.7 Å². The largest absolute Gasteiger partial charge is 0.364 e. The van der Waals surface area contributed by atoms with Crippen LogP contribution in [-0.4, -0.2) is 49.8 Å². The number of fused-ring (bicyclic) bond motifs is 1. The maximum absolute atomic E-state index is 13.6. The van der Waals surface area contributed by atoms with E-state index < -0.39 is 11.6 Å². The zero-order chi connectivity index (χ0) is 16.7. The number of aromatic nitrogens is 5. The first-order valence-corrected chi connectivity index (χ1v) is 7.59. The molecule has 0 amide bonds. The van der Waals surface area contributed by atoms with E-state index in [1.54, 1.807) is 18.2 Å². The molecule has 9 heteroatoms. The number of hydrogen-bond acceptors (Lipinski definition) is 6. The molecule has 4 rings (SSSR count). The first kappa shape index (κ1) is 14.9. The van der Waals surface area contributed by atoms with Crippen LogP contribution in [0.2, 0.25) is 0 Å². The molecule has 3 aromatic rings.